The first-order chi connectivity index (χ1) is 15.0. The summed E-state index contributed by atoms with van der Waals surface area (Å²) < 4.78 is 44.5. The lowest BCUT2D eigenvalue weighted by atomic mass is 9.73. The first-order valence-corrected chi connectivity index (χ1v) is 11.8. The fourth-order valence-corrected chi connectivity index (χ4v) is 4.43. The molecule has 32 heavy (non-hydrogen) atoms. The van der Waals surface area contributed by atoms with Gasteiger partial charge in [-0.15, -0.1) is 0 Å². The zero-order chi connectivity index (χ0) is 24.1. The number of halogens is 3. The molecule has 178 valence electrons. The summed E-state index contributed by atoms with van der Waals surface area (Å²) in [7, 11) is 0. The van der Waals surface area contributed by atoms with Gasteiger partial charge in [-0.05, 0) is 66.0 Å². The fourth-order valence-electron chi connectivity index (χ4n) is 4.43. The Morgan fingerprint density at radius 1 is 0.594 bits per heavy atom. The molecule has 0 spiro atoms. The van der Waals surface area contributed by atoms with Gasteiger partial charge in [0.15, 0.2) is 0 Å². The number of hydrogen-bond donors (Lipinski definition) is 2. The summed E-state index contributed by atoms with van der Waals surface area (Å²) in [5.74, 6) is 0.233. The van der Waals surface area contributed by atoms with Gasteiger partial charge in [0.1, 0.15) is 16.9 Å². The van der Waals surface area contributed by atoms with Crippen molar-refractivity contribution in [1.82, 2.24) is 0 Å². The minimum atomic E-state index is -4.55. The highest BCUT2D eigenvalue weighted by Gasteiger charge is 2.54. The summed E-state index contributed by atoms with van der Waals surface area (Å²) in [4.78, 5) is 0. The van der Waals surface area contributed by atoms with Crippen molar-refractivity contribution in [3.05, 3.63) is 57.6 Å². The molecule has 2 nitrogen and oxygen atoms in total. The Morgan fingerprint density at radius 3 is 1.03 bits per heavy atom. The number of alkyl halides is 3. The van der Waals surface area contributed by atoms with E-state index in [1.165, 1.54) is 31.2 Å². The van der Waals surface area contributed by atoms with Crippen LogP contribution in [0.1, 0.15) is 93.7 Å². The van der Waals surface area contributed by atoms with Crippen LogP contribution >= 0.6 is 0 Å². The van der Waals surface area contributed by atoms with Crippen molar-refractivity contribution in [2.45, 2.75) is 97.6 Å². The SMILES string of the molecule is CCCc1cc(C(C)(c2cc(CCC)c(O)c(CCC)c2)C(F)(F)F)cc(CCC)c1O. The van der Waals surface area contributed by atoms with Crippen LogP contribution in [-0.2, 0) is 31.1 Å². The average Bonchev–Trinajstić information content (AvgIpc) is 2.72. The maximum atomic E-state index is 14.8. The van der Waals surface area contributed by atoms with Crippen LogP contribution < -0.4 is 0 Å². The molecule has 0 aliphatic carbocycles. The maximum absolute atomic E-state index is 14.8. The van der Waals surface area contributed by atoms with Crippen molar-refractivity contribution >= 4 is 0 Å². The molecule has 2 aromatic rings. The third-order valence-corrected chi connectivity index (χ3v) is 6.33. The second-order valence-electron chi connectivity index (χ2n) is 8.91. The molecule has 0 saturated heterocycles. The average molecular weight is 451 g/mol. The summed E-state index contributed by atoms with van der Waals surface area (Å²) in [6.07, 6.45) is 0.421. The second-order valence-corrected chi connectivity index (χ2v) is 8.91. The molecule has 0 atom stereocenters. The minimum Gasteiger partial charge on any atom is -0.507 e. The van der Waals surface area contributed by atoms with Crippen LogP contribution in [0.25, 0.3) is 0 Å². The standard InChI is InChI=1S/C27H37F3O2/c1-6-10-18-14-22(15-19(11-7-2)24(18)31)26(5,27(28,29)30)23-16-20(12-8-3)25(32)21(17-23)13-9-4/h14-17,31-32H,6-13H2,1-5H3. The quantitative estimate of drug-likeness (QED) is 0.388. The molecule has 2 N–H and O–H groups in total. The zero-order valence-electron chi connectivity index (χ0n) is 20.0. The third kappa shape index (κ3) is 5.07. The van der Waals surface area contributed by atoms with Crippen LogP contribution in [-0.4, -0.2) is 16.4 Å². The van der Waals surface area contributed by atoms with E-state index < -0.39 is 11.6 Å². The Labute approximate surface area is 190 Å². The van der Waals surface area contributed by atoms with Crippen LogP contribution in [0, 0.1) is 0 Å². The molecule has 0 aliphatic heterocycles. The third-order valence-electron chi connectivity index (χ3n) is 6.33. The lowest BCUT2D eigenvalue weighted by Crippen LogP contribution is -2.41. The Kier molecular flexibility index (Phi) is 8.67. The van der Waals surface area contributed by atoms with Gasteiger partial charge in [-0.1, -0.05) is 77.6 Å². The van der Waals surface area contributed by atoms with E-state index in [2.05, 4.69) is 0 Å². The van der Waals surface area contributed by atoms with E-state index in [4.69, 9.17) is 0 Å². The van der Waals surface area contributed by atoms with E-state index >= 15 is 0 Å². The van der Waals surface area contributed by atoms with Gasteiger partial charge in [-0.2, -0.15) is 13.2 Å². The van der Waals surface area contributed by atoms with Gasteiger partial charge in [0.05, 0.1) is 0 Å². The Balaban J connectivity index is 2.87. The first-order valence-electron chi connectivity index (χ1n) is 11.8. The van der Waals surface area contributed by atoms with E-state index in [0.29, 0.717) is 47.9 Å². The first kappa shape index (κ1) is 26.1. The number of benzene rings is 2. The molecule has 0 unspecified atom stereocenters. The number of phenols is 2. The predicted molar refractivity (Wildman–Crippen MR) is 125 cm³/mol. The van der Waals surface area contributed by atoms with Crippen LogP contribution in [0.15, 0.2) is 24.3 Å². The van der Waals surface area contributed by atoms with Gasteiger partial charge >= 0.3 is 6.18 Å². The van der Waals surface area contributed by atoms with Gasteiger partial charge in [-0.25, -0.2) is 0 Å². The molecule has 2 rings (SSSR count). The van der Waals surface area contributed by atoms with Crippen molar-refractivity contribution in [2.24, 2.45) is 0 Å². The zero-order valence-corrected chi connectivity index (χ0v) is 20.0. The number of rotatable bonds is 10. The smallest absolute Gasteiger partial charge is 0.402 e. The van der Waals surface area contributed by atoms with Gasteiger partial charge < -0.3 is 10.2 Å². The van der Waals surface area contributed by atoms with Crippen molar-refractivity contribution < 1.29 is 23.4 Å². The molecule has 2 aromatic carbocycles. The monoisotopic (exact) mass is 450 g/mol. The summed E-state index contributed by atoms with van der Waals surface area (Å²) in [5, 5.41) is 21.3. The van der Waals surface area contributed by atoms with E-state index in [0.717, 1.165) is 25.7 Å². The lowest BCUT2D eigenvalue weighted by molar-refractivity contribution is -0.173. The van der Waals surface area contributed by atoms with Crippen LogP contribution in [0.5, 0.6) is 11.5 Å². The fraction of sp³-hybridized carbons (Fsp3) is 0.556. The Hall–Kier alpha value is -2.17. The van der Waals surface area contributed by atoms with E-state index in [1.54, 1.807) is 0 Å². The molecule has 0 bridgehead atoms. The summed E-state index contributed by atoms with van der Waals surface area (Å²) in [6, 6.07) is 6.10. The van der Waals surface area contributed by atoms with E-state index in [-0.39, 0.29) is 22.6 Å². The van der Waals surface area contributed by atoms with Crippen LogP contribution in [0.2, 0.25) is 0 Å². The number of hydrogen-bond acceptors (Lipinski definition) is 2. The summed E-state index contributed by atoms with van der Waals surface area (Å²) in [5.41, 5.74) is 0.270. The molecule has 0 fully saturated rings. The van der Waals surface area contributed by atoms with Crippen molar-refractivity contribution in [1.29, 1.82) is 0 Å². The van der Waals surface area contributed by atoms with Gasteiger partial charge in [-0.3, -0.25) is 0 Å². The topological polar surface area (TPSA) is 40.5 Å². The van der Waals surface area contributed by atoms with Crippen LogP contribution in [0.3, 0.4) is 0 Å². The van der Waals surface area contributed by atoms with E-state index in [1.807, 2.05) is 27.7 Å². The van der Waals surface area contributed by atoms with Crippen molar-refractivity contribution in [3.8, 4) is 11.5 Å². The predicted octanol–water partition coefficient (Wildman–Crippen LogP) is 7.78. The lowest BCUT2D eigenvalue weighted by Gasteiger charge is -2.35. The molecule has 0 aliphatic rings. The number of aromatic hydroxyl groups is 2. The molecule has 0 radical (unpaired) electrons. The van der Waals surface area contributed by atoms with Crippen LogP contribution in [0.4, 0.5) is 13.2 Å². The molecule has 0 heterocycles. The molecule has 0 amide bonds. The van der Waals surface area contributed by atoms with Gasteiger partial charge in [0.2, 0.25) is 0 Å². The molecule has 5 heteroatoms. The highest BCUT2D eigenvalue weighted by atomic mass is 19.4. The summed E-state index contributed by atoms with van der Waals surface area (Å²) in [6.45, 7) is 9.01. The molecule has 0 saturated carbocycles. The number of aryl methyl sites for hydroxylation is 4. The Morgan fingerprint density at radius 2 is 0.844 bits per heavy atom. The normalized spacial score (nSPS) is 12.4. The Bertz CT molecular complexity index is 796. The molecule has 0 aromatic heterocycles. The molecular formula is C27H37F3O2. The van der Waals surface area contributed by atoms with E-state index in [9.17, 15) is 23.4 Å². The van der Waals surface area contributed by atoms with Crippen molar-refractivity contribution in [2.75, 3.05) is 0 Å². The second kappa shape index (κ2) is 10.6. The van der Waals surface area contributed by atoms with Gasteiger partial charge in [0, 0.05) is 0 Å². The van der Waals surface area contributed by atoms with Crippen molar-refractivity contribution in [3.63, 3.8) is 0 Å². The highest BCUT2D eigenvalue weighted by molar-refractivity contribution is 5.54. The van der Waals surface area contributed by atoms with Gasteiger partial charge in [0.25, 0.3) is 0 Å². The number of phenolic OH excluding ortho intramolecular Hbond substituents is 2. The maximum Gasteiger partial charge on any atom is 0.402 e. The largest absolute Gasteiger partial charge is 0.507 e. The minimum absolute atomic E-state index is 0.117. The molecular weight excluding hydrogens is 413 g/mol. The summed E-state index contributed by atoms with van der Waals surface area (Å²) >= 11 is 0. The highest BCUT2D eigenvalue weighted by Crippen LogP contribution is 2.49.